The number of carbonyl (C=O) groups excluding carboxylic acids is 2. The second-order valence-corrected chi connectivity index (χ2v) is 3.87. The van der Waals surface area contributed by atoms with E-state index in [0.717, 1.165) is 0 Å². The van der Waals surface area contributed by atoms with Crippen LogP contribution in [0.15, 0.2) is 6.07 Å². The van der Waals surface area contributed by atoms with E-state index in [4.69, 9.17) is 21.1 Å². The molecule has 0 spiro atoms. The Labute approximate surface area is 110 Å². The molecule has 0 saturated carbocycles. The molecule has 0 fully saturated rings. The predicted molar refractivity (Wildman–Crippen MR) is 68.2 cm³/mol. The van der Waals surface area contributed by atoms with Crippen LogP contribution in [-0.2, 0) is 0 Å². The van der Waals surface area contributed by atoms with Gasteiger partial charge in [0.2, 0.25) is 0 Å². The fourth-order valence-corrected chi connectivity index (χ4v) is 1.94. The topological polar surface area (TPSA) is 64.6 Å². The Morgan fingerprint density at radius 1 is 1.39 bits per heavy atom. The van der Waals surface area contributed by atoms with Gasteiger partial charge in [0.25, 0.3) is 0 Å². The summed E-state index contributed by atoms with van der Waals surface area (Å²) < 4.78 is 10.2. The molecule has 0 unspecified atom stereocenters. The van der Waals surface area contributed by atoms with Crippen LogP contribution in [0.1, 0.15) is 20.7 Å². The fourth-order valence-electron chi connectivity index (χ4n) is 1.63. The lowest BCUT2D eigenvalue weighted by molar-refractivity contribution is 0.0989. The molecule has 0 aliphatic heterocycles. The monoisotopic (exact) mass is 271 g/mol. The summed E-state index contributed by atoms with van der Waals surface area (Å²) in [5.41, 5.74) is 0.441. The van der Waals surface area contributed by atoms with Gasteiger partial charge in [0, 0.05) is 0 Å². The molecular formula is C12H14ClNO4. The molecule has 0 radical (unpaired) electrons. The van der Waals surface area contributed by atoms with Crippen molar-refractivity contribution >= 4 is 23.7 Å². The number of ketones is 1. The number of hydrogen-bond donors (Lipinski definition) is 1. The van der Waals surface area contributed by atoms with Crippen LogP contribution in [0, 0.1) is 0 Å². The summed E-state index contributed by atoms with van der Waals surface area (Å²) in [6, 6.07) is 1.39. The maximum atomic E-state index is 11.9. The highest BCUT2D eigenvalue weighted by atomic mass is 35.5. The molecule has 0 aromatic heterocycles. The van der Waals surface area contributed by atoms with Gasteiger partial charge in [0.05, 0.1) is 36.9 Å². The maximum absolute atomic E-state index is 11.9. The van der Waals surface area contributed by atoms with Crippen LogP contribution in [0.4, 0.5) is 0 Å². The molecule has 0 amide bonds. The van der Waals surface area contributed by atoms with Crippen molar-refractivity contribution in [3.8, 4) is 11.5 Å². The minimum atomic E-state index is -0.241. The molecule has 0 heterocycles. The average molecular weight is 272 g/mol. The van der Waals surface area contributed by atoms with Crippen LogP contribution in [0.2, 0.25) is 5.02 Å². The average Bonchev–Trinajstić information content (AvgIpc) is 2.37. The van der Waals surface area contributed by atoms with Crippen LogP contribution in [-0.4, -0.2) is 39.9 Å². The predicted octanol–water partition coefficient (Wildman–Crippen LogP) is 1.57. The third kappa shape index (κ3) is 2.63. The second kappa shape index (κ2) is 6.37. The fraction of sp³-hybridized carbons (Fsp3) is 0.333. The van der Waals surface area contributed by atoms with Crippen LogP contribution < -0.4 is 14.8 Å². The van der Waals surface area contributed by atoms with Crippen LogP contribution in [0.25, 0.3) is 0 Å². The first-order valence-corrected chi connectivity index (χ1v) is 5.55. The van der Waals surface area contributed by atoms with Crippen molar-refractivity contribution in [1.82, 2.24) is 5.32 Å². The van der Waals surface area contributed by atoms with E-state index in [-0.39, 0.29) is 40.0 Å². The van der Waals surface area contributed by atoms with Crippen LogP contribution >= 0.6 is 11.6 Å². The van der Waals surface area contributed by atoms with E-state index in [1.54, 1.807) is 7.05 Å². The number of Topliss-reactive ketones (excluding diaryl/α,β-unsaturated/α-hetero) is 1. The summed E-state index contributed by atoms with van der Waals surface area (Å²) in [5, 5.41) is 2.90. The molecule has 0 bridgehead atoms. The Morgan fingerprint density at radius 2 is 2.00 bits per heavy atom. The first-order valence-electron chi connectivity index (χ1n) is 5.18. The van der Waals surface area contributed by atoms with Gasteiger partial charge in [-0.05, 0) is 13.1 Å². The largest absolute Gasteiger partial charge is 0.492 e. The van der Waals surface area contributed by atoms with E-state index in [0.29, 0.717) is 6.29 Å². The number of rotatable bonds is 6. The third-order valence-electron chi connectivity index (χ3n) is 2.37. The van der Waals surface area contributed by atoms with Crippen molar-refractivity contribution < 1.29 is 19.1 Å². The van der Waals surface area contributed by atoms with Gasteiger partial charge < -0.3 is 14.8 Å². The summed E-state index contributed by atoms with van der Waals surface area (Å²) >= 11 is 6.01. The van der Waals surface area contributed by atoms with Crippen LogP contribution in [0.5, 0.6) is 11.5 Å². The van der Waals surface area contributed by atoms with Gasteiger partial charge in [-0.2, -0.15) is 0 Å². The van der Waals surface area contributed by atoms with E-state index in [1.807, 2.05) is 0 Å². The summed E-state index contributed by atoms with van der Waals surface area (Å²) in [7, 11) is 4.43. The molecule has 98 valence electrons. The Hall–Kier alpha value is -1.59. The van der Waals surface area contributed by atoms with E-state index in [2.05, 4.69) is 5.32 Å². The minimum absolute atomic E-state index is 0.111. The number of hydrogen-bond acceptors (Lipinski definition) is 5. The van der Waals surface area contributed by atoms with Gasteiger partial charge in [0.15, 0.2) is 23.6 Å². The van der Waals surface area contributed by atoms with Gasteiger partial charge in [-0.15, -0.1) is 0 Å². The minimum Gasteiger partial charge on any atom is -0.492 e. The standard InChI is InChI=1S/C12H14ClNO4/c1-14-5-9(16)10-8(13)4-7(6-15)11(17-2)12(10)18-3/h4,6,14H,5H2,1-3H3. The highest BCUT2D eigenvalue weighted by Crippen LogP contribution is 2.38. The molecular weight excluding hydrogens is 258 g/mol. The number of nitrogens with one attached hydrogen (secondary N) is 1. The molecule has 1 N–H and O–H groups in total. The molecule has 18 heavy (non-hydrogen) atoms. The van der Waals surface area contributed by atoms with Crippen molar-refractivity contribution in [2.45, 2.75) is 0 Å². The Balaban J connectivity index is 3.50. The van der Waals surface area contributed by atoms with Crippen molar-refractivity contribution in [2.75, 3.05) is 27.8 Å². The van der Waals surface area contributed by atoms with E-state index >= 15 is 0 Å². The second-order valence-electron chi connectivity index (χ2n) is 3.46. The summed E-state index contributed by atoms with van der Waals surface area (Å²) in [6.45, 7) is 0.111. The van der Waals surface area contributed by atoms with Crippen molar-refractivity contribution in [1.29, 1.82) is 0 Å². The van der Waals surface area contributed by atoms with Gasteiger partial charge in [-0.25, -0.2) is 0 Å². The number of methoxy groups -OCH3 is 2. The van der Waals surface area contributed by atoms with Crippen LogP contribution in [0.3, 0.4) is 0 Å². The lowest BCUT2D eigenvalue weighted by Crippen LogP contribution is -2.20. The van der Waals surface area contributed by atoms with E-state index in [1.165, 1.54) is 20.3 Å². The number of halogens is 1. The molecule has 1 aromatic rings. The highest BCUT2D eigenvalue weighted by molar-refractivity contribution is 6.35. The van der Waals surface area contributed by atoms with Gasteiger partial charge >= 0.3 is 0 Å². The third-order valence-corrected chi connectivity index (χ3v) is 2.67. The Morgan fingerprint density at radius 3 is 2.44 bits per heavy atom. The molecule has 0 atom stereocenters. The maximum Gasteiger partial charge on any atom is 0.181 e. The molecule has 1 rings (SSSR count). The first kappa shape index (κ1) is 14.5. The van der Waals surface area contributed by atoms with Gasteiger partial charge in [0.1, 0.15) is 0 Å². The summed E-state index contributed by atoms with van der Waals surface area (Å²) in [5.74, 6) is 0.138. The normalized spacial score (nSPS) is 10.0. The molecule has 0 aliphatic carbocycles. The smallest absolute Gasteiger partial charge is 0.181 e. The zero-order valence-electron chi connectivity index (χ0n) is 10.4. The van der Waals surface area contributed by atoms with Gasteiger partial charge in [-0.1, -0.05) is 11.6 Å². The first-order chi connectivity index (χ1) is 8.60. The van der Waals surface area contributed by atoms with E-state index < -0.39 is 0 Å². The lowest BCUT2D eigenvalue weighted by atomic mass is 10.1. The zero-order valence-corrected chi connectivity index (χ0v) is 11.1. The van der Waals surface area contributed by atoms with Crippen molar-refractivity contribution in [2.24, 2.45) is 0 Å². The highest BCUT2D eigenvalue weighted by Gasteiger charge is 2.23. The van der Waals surface area contributed by atoms with Crippen molar-refractivity contribution in [3.05, 3.63) is 22.2 Å². The quantitative estimate of drug-likeness (QED) is 0.628. The molecule has 5 nitrogen and oxygen atoms in total. The number of carbonyl (C=O) groups is 2. The summed E-state index contributed by atoms with van der Waals surface area (Å²) in [6.07, 6.45) is 0.597. The van der Waals surface area contributed by atoms with Crippen molar-refractivity contribution in [3.63, 3.8) is 0 Å². The molecule has 6 heteroatoms. The summed E-state index contributed by atoms with van der Waals surface area (Å²) in [4.78, 5) is 22.9. The van der Waals surface area contributed by atoms with Gasteiger partial charge in [-0.3, -0.25) is 9.59 Å². The number of likely N-dealkylation sites (N-methyl/N-ethyl adjacent to an activating group) is 1. The number of aldehydes is 1. The molecule has 1 aromatic carbocycles. The SMILES string of the molecule is CNCC(=O)c1c(Cl)cc(C=O)c(OC)c1OC. The molecule has 0 aliphatic rings. The number of ether oxygens (including phenoxy) is 2. The number of benzene rings is 1. The molecule has 0 saturated heterocycles. The Bertz CT molecular complexity index is 474. The van der Waals surface area contributed by atoms with E-state index in [9.17, 15) is 9.59 Å². The zero-order chi connectivity index (χ0) is 13.7. The lowest BCUT2D eigenvalue weighted by Gasteiger charge is -2.15. The Kier molecular flexibility index (Phi) is 5.12.